The van der Waals surface area contributed by atoms with Crippen LogP contribution >= 0.6 is 22.6 Å². The quantitative estimate of drug-likeness (QED) is 0.301. The van der Waals surface area contributed by atoms with Crippen molar-refractivity contribution in [3.63, 3.8) is 0 Å². The lowest BCUT2D eigenvalue weighted by Crippen LogP contribution is -2.34. The molecule has 1 aliphatic rings. The molecule has 4 nitrogen and oxygen atoms in total. The molecule has 196 valence electrons. The second-order valence-corrected chi connectivity index (χ2v) is 8.56. The van der Waals surface area contributed by atoms with Crippen molar-refractivity contribution in [2.24, 2.45) is 0 Å². The van der Waals surface area contributed by atoms with Crippen LogP contribution in [-0.4, -0.2) is 32.6 Å². The lowest BCUT2D eigenvalue weighted by atomic mass is 9.90. The van der Waals surface area contributed by atoms with Crippen LogP contribution in [0, 0.1) is 3.57 Å². The fourth-order valence-electron chi connectivity index (χ4n) is 3.93. The van der Waals surface area contributed by atoms with E-state index in [1.165, 1.54) is 33.2 Å². The fraction of sp³-hybridized carbons (Fsp3) is 0.500. The summed E-state index contributed by atoms with van der Waals surface area (Å²) in [5.41, 5.74) is 3.80. The standard InChI is InChI=1S/C22H24IN3O.4C2H6/c23-20-7-1-4-17(10-20)13-26-16-24-12-21(26)15-25-9-3-6-19(14-25)18-5-2-8-22(27)11-18;4*1-2/h1-2,4-5,7-8,10-12,16,19,27H,3,6,9,13-15H2;4*1-2H3. The topological polar surface area (TPSA) is 41.3 Å². The molecule has 4 rings (SSSR count). The van der Waals surface area contributed by atoms with Gasteiger partial charge in [-0.15, -0.1) is 0 Å². The summed E-state index contributed by atoms with van der Waals surface area (Å²) in [7, 11) is 0. The Morgan fingerprint density at radius 3 is 2.26 bits per heavy atom. The van der Waals surface area contributed by atoms with E-state index in [-0.39, 0.29) is 0 Å². The molecule has 1 aliphatic heterocycles. The average Bonchev–Trinajstić information content (AvgIpc) is 3.35. The van der Waals surface area contributed by atoms with Crippen molar-refractivity contribution in [3.8, 4) is 5.75 Å². The Kier molecular flexibility index (Phi) is 19.3. The maximum atomic E-state index is 9.79. The van der Waals surface area contributed by atoms with Gasteiger partial charge in [0, 0.05) is 29.4 Å². The minimum absolute atomic E-state index is 0.361. The highest BCUT2D eigenvalue weighted by atomic mass is 127. The van der Waals surface area contributed by atoms with Gasteiger partial charge in [-0.25, -0.2) is 4.98 Å². The minimum atomic E-state index is 0.361. The summed E-state index contributed by atoms with van der Waals surface area (Å²) < 4.78 is 3.51. The van der Waals surface area contributed by atoms with Crippen LogP contribution < -0.4 is 0 Å². The highest BCUT2D eigenvalue weighted by Gasteiger charge is 2.22. The van der Waals surface area contributed by atoms with Crippen LogP contribution in [0.2, 0.25) is 0 Å². The molecule has 35 heavy (non-hydrogen) atoms. The summed E-state index contributed by atoms with van der Waals surface area (Å²) in [6.45, 7) is 19.9. The Balaban J connectivity index is 0.00000132. The molecule has 0 saturated carbocycles. The number of hydrogen-bond donors (Lipinski definition) is 1. The van der Waals surface area contributed by atoms with E-state index in [4.69, 9.17) is 0 Å². The first-order chi connectivity index (χ1) is 17.2. The van der Waals surface area contributed by atoms with Gasteiger partial charge in [0.15, 0.2) is 0 Å². The lowest BCUT2D eigenvalue weighted by molar-refractivity contribution is 0.196. The number of phenolic OH excluding ortho intramolecular Hbond substituents is 1. The van der Waals surface area contributed by atoms with E-state index in [0.29, 0.717) is 11.7 Å². The summed E-state index contributed by atoms with van der Waals surface area (Å²) in [5.74, 6) is 0.845. The van der Waals surface area contributed by atoms with E-state index in [1.807, 2.05) is 80.0 Å². The van der Waals surface area contributed by atoms with Gasteiger partial charge in [0.1, 0.15) is 5.75 Å². The van der Waals surface area contributed by atoms with E-state index in [1.54, 1.807) is 6.07 Å². The Morgan fingerprint density at radius 2 is 1.60 bits per heavy atom. The molecule has 2 aromatic carbocycles. The molecule has 0 amide bonds. The van der Waals surface area contributed by atoms with Crippen molar-refractivity contribution in [2.45, 2.75) is 87.2 Å². The van der Waals surface area contributed by atoms with E-state index >= 15 is 0 Å². The van der Waals surface area contributed by atoms with Crippen LogP contribution in [0.4, 0.5) is 0 Å². The highest BCUT2D eigenvalue weighted by Crippen LogP contribution is 2.29. The van der Waals surface area contributed by atoms with Gasteiger partial charge in [-0.3, -0.25) is 4.90 Å². The summed E-state index contributed by atoms with van der Waals surface area (Å²) in [6, 6.07) is 16.4. The number of aromatic nitrogens is 2. The predicted octanol–water partition coefficient (Wildman–Crippen LogP) is 8.73. The first kappa shape index (κ1) is 33.1. The fourth-order valence-corrected chi connectivity index (χ4v) is 4.54. The van der Waals surface area contributed by atoms with Gasteiger partial charge in [0.25, 0.3) is 0 Å². The van der Waals surface area contributed by atoms with E-state index < -0.39 is 0 Å². The first-order valence-corrected chi connectivity index (χ1v) is 14.5. The third-order valence-corrected chi connectivity index (χ3v) is 5.94. The summed E-state index contributed by atoms with van der Waals surface area (Å²) in [5, 5.41) is 9.79. The number of halogens is 1. The van der Waals surface area contributed by atoms with Gasteiger partial charge in [-0.05, 0) is 83.3 Å². The first-order valence-electron chi connectivity index (χ1n) is 13.4. The molecule has 0 aliphatic carbocycles. The molecule has 1 unspecified atom stereocenters. The van der Waals surface area contributed by atoms with Crippen LogP contribution in [0.25, 0.3) is 0 Å². The van der Waals surface area contributed by atoms with Gasteiger partial charge in [0.05, 0.1) is 12.0 Å². The van der Waals surface area contributed by atoms with Crippen molar-refractivity contribution in [2.75, 3.05) is 13.1 Å². The average molecular weight is 594 g/mol. The van der Waals surface area contributed by atoms with Gasteiger partial charge in [-0.2, -0.15) is 0 Å². The second kappa shape index (κ2) is 20.3. The summed E-state index contributed by atoms with van der Waals surface area (Å²) >= 11 is 2.36. The zero-order chi connectivity index (χ0) is 26.6. The van der Waals surface area contributed by atoms with Crippen molar-refractivity contribution in [1.29, 1.82) is 0 Å². The van der Waals surface area contributed by atoms with Gasteiger partial charge >= 0.3 is 0 Å². The van der Waals surface area contributed by atoms with E-state index in [9.17, 15) is 5.11 Å². The molecule has 1 aromatic heterocycles. The second-order valence-electron chi connectivity index (χ2n) is 7.31. The largest absolute Gasteiger partial charge is 0.508 e. The molecule has 0 radical (unpaired) electrons. The van der Waals surface area contributed by atoms with Crippen molar-refractivity contribution < 1.29 is 5.11 Å². The number of phenols is 1. The molecule has 3 aromatic rings. The number of rotatable bonds is 5. The van der Waals surface area contributed by atoms with Crippen LogP contribution in [0.1, 0.15) is 91.0 Å². The lowest BCUT2D eigenvalue weighted by Gasteiger charge is -2.33. The Morgan fingerprint density at radius 1 is 0.914 bits per heavy atom. The number of nitrogens with zero attached hydrogens (tertiary/aromatic N) is 3. The van der Waals surface area contributed by atoms with Crippen LogP contribution in [0.15, 0.2) is 61.1 Å². The smallest absolute Gasteiger partial charge is 0.115 e. The monoisotopic (exact) mass is 593 g/mol. The Hall–Kier alpha value is -1.86. The zero-order valence-electron chi connectivity index (χ0n) is 23.3. The number of aromatic hydroxyl groups is 1. The Labute approximate surface area is 228 Å². The number of hydrogen-bond acceptors (Lipinski definition) is 3. The third-order valence-electron chi connectivity index (χ3n) is 5.27. The zero-order valence-corrected chi connectivity index (χ0v) is 25.4. The van der Waals surface area contributed by atoms with Crippen LogP contribution in [0.3, 0.4) is 0 Å². The summed E-state index contributed by atoms with van der Waals surface area (Å²) in [6.07, 6.45) is 6.30. The van der Waals surface area contributed by atoms with Crippen LogP contribution in [0.5, 0.6) is 5.75 Å². The van der Waals surface area contributed by atoms with Gasteiger partial charge in [0.2, 0.25) is 0 Å². The number of imidazole rings is 1. The molecule has 0 bridgehead atoms. The third kappa shape index (κ3) is 11.6. The van der Waals surface area contributed by atoms with Crippen molar-refractivity contribution in [3.05, 3.63) is 81.4 Å². The predicted molar refractivity (Wildman–Crippen MR) is 161 cm³/mol. The normalized spacial score (nSPS) is 14.5. The Bertz CT molecular complexity index is 910. The number of benzene rings is 2. The SMILES string of the molecule is CC.CC.CC.CC.Oc1cccc(C2CCCN(Cc3cncn3Cc3cccc(I)c3)C2)c1. The summed E-state index contributed by atoms with van der Waals surface area (Å²) in [4.78, 5) is 6.91. The van der Waals surface area contributed by atoms with Gasteiger partial charge in [-0.1, -0.05) is 79.7 Å². The van der Waals surface area contributed by atoms with Crippen molar-refractivity contribution >= 4 is 22.6 Å². The maximum Gasteiger partial charge on any atom is 0.115 e. The molecule has 2 heterocycles. The number of piperidine rings is 1. The van der Waals surface area contributed by atoms with Crippen LogP contribution in [-0.2, 0) is 13.1 Å². The van der Waals surface area contributed by atoms with E-state index in [2.05, 4.69) is 67.4 Å². The molecular formula is C30H48IN3O. The molecule has 1 saturated heterocycles. The number of likely N-dealkylation sites (tertiary alicyclic amines) is 1. The minimum Gasteiger partial charge on any atom is -0.508 e. The molecular weight excluding hydrogens is 545 g/mol. The molecule has 0 spiro atoms. The molecule has 1 fully saturated rings. The maximum absolute atomic E-state index is 9.79. The molecule has 5 heteroatoms. The van der Waals surface area contributed by atoms with Crippen molar-refractivity contribution in [1.82, 2.24) is 14.5 Å². The highest BCUT2D eigenvalue weighted by molar-refractivity contribution is 14.1. The van der Waals surface area contributed by atoms with Gasteiger partial charge < -0.3 is 9.67 Å². The molecule has 1 N–H and O–H groups in total. The molecule has 1 atom stereocenters. The van der Waals surface area contributed by atoms with E-state index in [0.717, 1.165) is 26.2 Å².